The Kier molecular flexibility index (Phi) is 11.5. The molecule has 0 saturated heterocycles. The van der Waals surface area contributed by atoms with Crippen molar-refractivity contribution in [3.63, 3.8) is 0 Å². The second kappa shape index (κ2) is 13.0. The monoisotopic (exact) mass is 447 g/mol. The van der Waals surface area contributed by atoms with Crippen molar-refractivity contribution in [1.82, 2.24) is 15.1 Å². The zero-order chi connectivity index (χ0) is 22.1. The van der Waals surface area contributed by atoms with Crippen molar-refractivity contribution in [2.75, 3.05) is 46.8 Å². The molecular formula is C26H42ClN3O. The molecule has 174 valence electrons. The average molecular weight is 448 g/mol. The van der Waals surface area contributed by atoms with E-state index in [0.717, 1.165) is 32.5 Å². The summed E-state index contributed by atoms with van der Waals surface area (Å²) in [5.41, 5.74) is 1.25. The largest absolute Gasteiger partial charge is 0.354 e. The molecule has 0 fully saturated rings. The number of nitrogens with zero attached hydrogens (tertiary/aromatic N) is 2. The second-order valence-corrected chi connectivity index (χ2v) is 8.78. The van der Waals surface area contributed by atoms with Crippen LogP contribution in [0.3, 0.4) is 0 Å². The van der Waals surface area contributed by atoms with Crippen LogP contribution >= 0.6 is 12.4 Å². The number of amides is 1. The highest BCUT2D eigenvalue weighted by Crippen LogP contribution is 2.41. The quantitative estimate of drug-likeness (QED) is 0.499. The van der Waals surface area contributed by atoms with Gasteiger partial charge < -0.3 is 10.2 Å². The third-order valence-electron chi connectivity index (χ3n) is 6.75. The van der Waals surface area contributed by atoms with Crippen molar-refractivity contribution in [2.24, 2.45) is 5.92 Å². The molecule has 1 amide bonds. The number of nitrogens with one attached hydrogen (secondary N) is 1. The van der Waals surface area contributed by atoms with Crippen molar-refractivity contribution in [1.29, 1.82) is 0 Å². The van der Waals surface area contributed by atoms with Gasteiger partial charge in [0, 0.05) is 12.0 Å². The fourth-order valence-electron chi connectivity index (χ4n) is 4.44. The molecule has 0 bridgehead atoms. The first kappa shape index (κ1) is 27.4. The molecule has 1 N–H and O–H groups in total. The maximum atomic E-state index is 12.8. The molecule has 31 heavy (non-hydrogen) atoms. The summed E-state index contributed by atoms with van der Waals surface area (Å²) in [5, 5.41) is 5.89. The van der Waals surface area contributed by atoms with Crippen LogP contribution in [0.4, 0.5) is 0 Å². The number of rotatable bonds is 12. The van der Waals surface area contributed by atoms with Gasteiger partial charge in [-0.25, -0.2) is 0 Å². The predicted molar refractivity (Wildman–Crippen MR) is 136 cm³/mol. The standard InChI is InChI=1S/C26H41N3O.ClH/c1-7-21(4)26(17-18-28(5)6,20-27-25(30)19-29(8-2)9-3)24-16-12-14-22-13-10-11-15-23(22)24;/h10-16,21H,7-9,17-20H2,1-6H3,(H,27,30);1H. The van der Waals surface area contributed by atoms with Crippen molar-refractivity contribution >= 4 is 29.1 Å². The van der Waals surface area contributed by atoms with Gasteiger partial charge in [-0.2, -0.15) is 0 Å². The molecule has 2 atom stereocenters. The van der Waals surface area contributed by atoms with Crippen LogP contribution in [0.5, 0.6) is 0 Å². The maximum Gasteiger partial charge on any atom is 0.234 e. The highest BCUT2D eigenvalue weighted by Gasteiger charge is 2.38. The van der Waals surface area contributed by atoms with E-state index in [4.69, 9.17) is 0 Å². The van der Waals surface area contributed by atoms with E-state index in [1.165, 1.54) is 16.3 Å². The van der Waals surface area contributed by atoms with Gasteiger partial charge in [0.2, 0.25) is 5.91 Å². The fraction of sp³-hybridized carbons (Fsp3) is 0.577. The number of benzene rings is 2. The molecule has 0 aromatic heterocycles. The summed E-state index contributed by atoms with van der Waals surface area (Å²) < 4.78 is 0. The van der Waals surface area contributed by atoms with Gasteiger partial charge in [0.15, 0.2) is 0 Å². The molecule has 5 heteroatoms. The number of hydrogen-bond acceptors (Lipinski definition) is 3. The van der Waals surface area contributed by atoms with Gasteiger partial charge in [-0.15, -0.1) is 12.4 Å². The molecule has 2 aromatic carbocycles. The van der Waals surface area contributed by atoms with Crippen LogP contribution in [0.2, 0.25) is 0 Å². The Morgan fingerprint density at radius 2 is 1.68 bits per heavy atom. The number of carbonyl (C=O) groups is 1. The first-order valence-corrected chi connectivity index (χ1v) is 11.5. The van der Waals surface area contributed by atoms with E-state index in [1.807, 2.05) is 0 Å². The zero-order valence-corrected chi connectivity index (χ0v) is 21.1. The minimum atomic E-state index is -0.112. The first-order chi connectivity index (χ1) is 14.4. The van der Waals surface area contributed by atoms with E-state index in [2.05, 4.69) is 99.4 Å². The highest BCUT2D eigenvalue weighted by molar-refractivity contribution is 5.87. The Morgan fingerprint density at radius 3 is 2.29 bits per heavy atom. The minimum absolute atomic E-state index is 0. The molecule has 0 spiro atoms. The molecule has 2 aromatic rings. The molecule has 0 radical (unpaired) electrons. The summed E-state index contributed by atoms with van der Waals surface area (Å²) >= 11 is 0. The zero-order valence-electron chi connectivity index (χ0n) is 20.3. The number of hydrogen-bond donors (Lipinski definition) is 1. The number of fused-ring (bicyclic) bond motifs is 1. The van der Waals surface area contributed by atoms with E-state index in [9.17, 15) is 4.79 Å². The Balaban J connectivity index is 0.00000480. The lowest BCUT2D eigenvalue weighted by molar-refractivity contribution is -0.122. The Morgan fingerprint density at radius 1 is 1.03 bits per heavy atom. The van der Waals surface area contributed by atoms with Crippen LogP contribution in [0.25, 0.3) is 10.8 Å². The molecule has 2 rings (SSSR count). The molecule has 4 nitrogen and oxygen atoms in total. The third-order valence-corrected chi connectivity index (χ3v) is 6.75. The Hall–Kier alpha value is -1.62. The smallest absolute Gasteiger partial charge is 0.234 e. The minimum Gasteiger partial charge on any atom is -0.354 e. The van der Waals surface area contributed by atoms with Crippen LogP contribution in [-0.4, -0.2) is 62.5 Å². The summed E-state index contributed by atoms with van der Waals surface area (Å²) in [5.74, 6) is 0.563. The average Bonchev–Trinajstić information content (AvgIpc) is 2.77. The lowest BCUT2D eigenvalue weighted by Crippen LogP contribution is -2.48. The molecular weight excluding hydrogens is 406 g/mol. The van der Waals surface area contributed by atoms with E-state index in [0.29, 0.717) is 19.0 Å². The van der Waals surface area contributed by atoms with Gasteiger partial charge in [0.1, 0.15) is 0 Å². The van der Waals surface area contributed by atoms with Gasteiger partial charge in [-0.05, 0) is 62.4 Å². The Bertz CT molecular complexity index is 801. The van der Waals surface area contributed by atoms with Crippen LogP contribution in [-0.2, 0) is 10.2 Å². The van der Waals surface area contributed by atoms with Crippen molar-refractivity contribution < 1.29 is 4.79 Å². The molecule has 0 aliphatic rings. The fourth-order valence-corrected chi connectivity index (χ4v) is 4.44. The summed E-state index contributed by atoms with van der Waals surface area (Å²) in [6.07, 6.45) is 2.08. The summed E-state index contributed by atoms with van der Waals surface area (Å²) in [4.78, 5) is 17.2. The third kappa shape index (κ3) is 6.93. The molecule has 2 unspecified atom stereocenters. The lowest BCUT2D eigenvalue weighted by atomic mass is 9.66. The maximum absolute atomic E-state index is 12.8. The summed E-state index contributed by atoms with van der Waals surface area (Å²) in [7, 11) is 4.26. The van der Waals surface area contributed by atoms with Crippen molar-refractivity contribution in [3.8, 4) is 0 Å². The topological polar surface area (TPSA) is 35.6 Å². The van der Waals surface area contributed by atoms with Crippen LogP contribution < -0.4 is 5.32 Å². The first-order valence-electron chi connectivity index (χ1n) is 11.5. The van der Waals surface area contributed by atoms with Crippen molar-refractivity contribution in [3.05, 3.63) is 48.0 Å². The van der Waals surface area contributed by atoms with Gasteiger partial charge >= 0.3 is 0 Å². The van der Waals surface area contributed by atoms with E-state index >= 15 is 0 Å². The van der Waals surface area contributed by atoms with Gasteiger partial charge in [-0.1, -0.05) is 76.6 Å². The van der Waals surface area contributed by atoms with E-state index in [-0.39, 0.29) is 23.7 Å². The highest BCUT2D eigenvalue weighted by atomic mass is 35.5. The van der Waals surface area contributed by atoms with Gasteiger partial charge in [0.05, 0.1) is 6.54 Å². The number of likely N-dealkylation sites (N-methyl/N-ethyl adjacent to an activating group) is 1. The van der Waals surface area contributed by atoms with Gasteiger partial charge in [0.25, 0.3) is 0 Å². The summed E-state index contributed by atoms with van der Waals surface area (Å²) in [6, 6.07) is 15.3. The molecule has 0 aliphatic heterocycles. The van der Waals surface area contributed by atoms with E-state index in [1.54, 1.807) is 0 Å². The second-order valence-electron chi connectivity index (χ2n) is 8.78. The van der Waals surface area contributed by atoms with Gasteiger partial charge in [-0.3, -0.25) is 9.69 Å². The Labute approximate surface area is 195 Å². The molecule has 0 heterocycles. The predicted octanol–water partition coefficient (Wildman–Crippen LogP) is 4.96. The number of carbonyl (C=O) groups excluding carboxylic acids is 1. The summed E-state index contributed by atoms with van der Waals surface area (Å²) in [6.45, 7) is 12.7. The number of halogens is 1. The molecule has 0 saturated carbocycles. The van der Waals surface area contributed by atoms with Crippen LogP contribution in [0.1, 0.15) is 46.1 Å². The molecule has 0 aliphatic carbocycles. The van der Waals surface area contributed by atoms with Crippen molar-refractivity contribution in [2.45, 2.75) is 46.0 Å². The van der Waals surface area contributed by atoms with E-state index < -0.39 is 0 Å². The van der Waals surface area contributed by atoms with Crippen LogP contribution in [0.15, 0.2) is 42.5 Å². The van der Waals surface area contributed by atoms with Crippen LogP contribution in [0, 0.1) is 5.92 Å². The SMILES string of the molecule is CCC(C)C(CCN(C)C)(CNC(=O)CN(CC)CC)c1cccc2ccccc12.Cl. The lowest BCUT2D eigenvalue weighted by Gasteiger charge is -2.41. The normalized spacial score (nSPS) is 14.3.